The minimum absolute atomic E-state index is 0.253. The zero-order valence-corrected chi connectivity index (χ0v) is 22.3. The van der Waals surface area contributed by atoms with E-state index >= 15 is 0 Å². The SMILES string of the molecule is COc1ccc(C2CCCCC2)c2c1cc1n2C=c2c(C(=O)O)c[nH]c2=C2CCCC(CCN(C)C)[C@@H]21. The highest BCUT2D eigenvalue weighted by Gasteiger charge is 2.36. The monoisotopic (exact) mass is 501 g/mol. The van der Waals surface area contributed by atoms with Gasteiger partial charge in [0.25, 0.3) is 0 Å². The number of aromatic carboxylic acids is 1. The van der Waals surface area contributed by atoms with Crippen molar-refractivity contribution in [2.75, 3.05) is 27.7 Å². The van der Waals surface area contributed by atoms with Crippen LogP contribution in [0.15, 0.2) is 24.4 Å². The number of nitrogens with one attached hydrogen (secondary N) is 1. The van der Waals surface area contributed by atoms with Crippen LogP contribution in [0.25, 0.3) is 22.7 Å². The normalized spacial score (nSPS) is 21.8. The van der Waals surface area contributed by atoms with Crippen molar-refractivity contribution in [2.24, 2.45) is 5.92 Å². The quantitative estimate of drug-likeness (QED) is 0.498. The molecule has 3 aliphatic rings. The van der Waals surface area contributed by atoms with Crippen LogP contribution >= 0.6 is 0 Å². The van der Waals surface area contributed by atoms with Gasteiger partial charge in [-0.3, -0.25) is 0 Å². The number of fused-ring (bicyclic) bond motifs is 6. The standard InChI is InChI=1S/C31H39N3O3/c1-33(2)15-14-20-10-7-11-22-28(20)26-16-23-27(37-3)13-12-21(19-8-5-4-6-9-19)30(23)34(26)18-25-24(31(35)36)17-32-29(22)25/h12-13,16-20,28,32H,4-11,14-15H2,1-3H3,(H,35,36)/t20?,28-/m0/s1. The lowest BCUT2D eigenvalue weighted by Crippen LogP contribution is -2.33. The van der Waals surface area contributed by atoms with Crippen LogP contribution in [-0.2, 0) is 0 Å². The van der Waals surface area contributed by atoms with Gasteiger partial charge in [0.1, 0.15) is 5.75 Å². The van der Waals surface area contributed by atoms with E-state index in [1.165, 1.54) is 60.9 Å². The lowest BCUT2D eigenvalue weighted by molar-refractivity contribution is 0.0696. The van der Waals surface area contributed by atoms with E-state index in [-0.39, 0.29) is 5.92 Å². The van der Waals surface area contributed by atoms with Crippen molar-refractivity contribution in [2.45, 2.75) is 69.6 Å². The Kier molecular flexibility index (Phi) is 6.39. The van der Waals surface area contributed by atoms with E-state index in [2.05, 4.69) is 52.9 Å². The van der Waals surface area contributed by atoms with Crippen molar-refractivity contribution < 1.29 is 14.6 Å². The molecule has 0 amide bonds. The second-order valence-corrected chi connectivity index (χ2v) is 11.6. The van der Waals surface area contributed by atoms with Gasteiger partial charge in [-0.15, -0.1) is 0 Å². The number of nitrogens with zero attached hydrogens (tertiary/aromatic N) is 2. The first kappa shape index (κ1) is 24.4. The van der Waals surface area contributed by atoms with Crippen LogP contribution in [-0.4, -0.2) is 53.3 Å². The Morgan fingerprint density at radius 1 is 1.16 bits per heavy atom. The fourth-order valence-corrected chi connectivity index (χ4v) is 7.40. The number of methoxy groups -OCH3 is 1. The summed E-state index contributed by atoms with van der Waals surface area (Å²) in [5, 5.41) is 13.1. The van der Waals surface area contributed by atoms with Crippen LogP contribution in [0.1, 0.15) is 91.2 Å². The number of aromatic nitrogens is 2. The number of ether oxygens (including phenoxy) is 1. The third-order valence-corrected chi connectivity index (χ3v) is 9.15. The smallest absolute Gasteiger partial charge is 0.337 e. The predicted molar refractivity (Wildman–Crippen MR) is 148 cm³/mol. The number of rotatable bonds is 6. The summed E-state index contributed by atoms with van der Waals surface area (Å²) in [6.45, 7) is 1.05. The Morgan fingerprint density at radius 3 is 2.70 bits per heavy atom. The molecule has 2 N–H and O–H groups in total. The van der Waals surface area contributed by atoms with E-state index in [1.807, 2.05) is 0 Å². The molecule has 0 radical (unpaired) electrons. The largest absolute Gasteiger partial charge is 0.496 e. The molecule has 3 heterocycles. The molecular formula is C31H39N3O3. The van der Waals surface area contributed by atoms with E-state index in [0.29, 0.717) is 17.4 Å². The van der Waals surface area contributed by atoms with Crippen LogP contribution in [0, 0.1) is 5.92 Å². The number of hydrogen-bond donors (Lipinski definition) is 2. The van der Waals surface area contributed by atoms with Gasteiger partial charge in [-0.1, -0.05) is 25.3 Å². The topological polar surface area (TPSA) is 70.5 Å². The fraction of sp³-hybridized carbons (Fsp3) is 0.516. The number of carbonyl (C=O) groups is 1. The first-order valence-electron chi connectivity index (χ1n) is 14.0. The van der Waals surface area contributed by atoms with Gasteiger partial charge < -0.3 is 24.3 Å². The van der Waals surface area contributed by atoms with Gasteiger partial charge in [0.2, 0.25) is 0 Å². The molecule has 6 heteroatoms. The molecule has 2 saturated carbocycles. The van der Waals surface area contributed by atoms with Crippen LogP contribution in [0.4, 0.5) is 0 Å². The van der Waals surface area contributed by atoms with Gasteiger partial charge >= 0.3 is 5.97 Å². The molecule has 1 aromatic carbocycles. The van der Waals surface area contributed by atoms with Crippen LogP contribution < -0.4 is 15.3 Å². The number of carboxylic acid groups (broad SMARTS) is 1. The number of carboxylic acids is 1. The molecule has 3 aromatic rings. The zero-order chi connectivity index (χ0) is 25.7. The average Bonchev–Trinajstić information content (AvgIpc) is 3.46. The van der Waals surface area contributed by atoms with Crippen LogP contribution in [0.3, 0.4) is 0 Å². The Morgan fingerprint density at radius 2 is 1.97 bits per heavy atom. The number of H-pyrrole nitrogens is 1. The summed E-state index contributed by atoms with van der Waals surface area (Å²) in [6, 6.07) is 6.78. The summed E-state index contributed by atoms with van der Waals surface area (Å²) in [5.74, 6) is 1.31. The van der Waals surface area contributed by atoms with E-state index in [0.717, 1.165) is 47.5 Å². The molecule has 2 fully saturated rings. The van der Waals surface area contributed by atoms with Gasteiger partial charge in [0.15, 0.2) is 0 Å². The van der Waals surface area contributed by atoms with Crippen molar-refractivity contribution >= 4 is 28.6 Å². The first-order valence-corrected chi connectivity index (χ1v) is 14.0. The fourth-order valence-electron chi connectivity index (χ4n) is 7.40. The highest BCUT2D eigenvalue weighted by atomic mass is 16.5. The lowest BCUT2D eigenvalue weighted by atomic mass is 9.72. The Labute approximate surface area is 218 Å². The summed E-state index contributed by atoms with van der Waals surface area (Å²) in [5.41, 5.74) is 5.61. The Hall–Kier alpha value is -2.99. The Bertz CT molecular complexity index is 1450. The molecule has 0 saturated heterocycles. The molecule has 0 bridgehead atoms. The van der Waals surface area contributed by atoms with Crippen molar-refractivity contribution in [1.82, 2.24) is 14.5 Å². The lowest BCUT2D eigenvalue weighted by Gasteiger charge is -2.34. The molecule has 1 unspecified atom stereocenters. The molecule has 2 aliphatic carbocycles. The van der Waals surface area contributed by atoms with Crippen LogP contribution in [0.5, 0.6) is 5.75 Å². The third-order valence-electron chi connectivity index (χ3n) is 9.15. The maximum atomic E-state index is 12.3. The first-order chi connectivity index (χ1) is 18.0. The molecule has 1 aliphatic heterocycles. The summed E-state index contributed by atoms with van der Waals surface area (Å²) in [6.07, 6.45) is 14.5. The van der Waals surface area contributed by atoms with Gasteiger partial charge in [-0.2, -0.15) is 0 Å². The summed E-state index contributed by atoms with van der Waals surface area (Å²) >= 11 is 0. The molecule has 0 spiro atoms. The van der Waals surface area contributed by atoms with Crippen molar-refractivity contribution in [3.8, 4) is 5.75 Å². The van der Waals surface area contributed by atoms with Gasteiger partial charge in [0, 0.05) is 40.0 Å². The number of hydrogen-bond acceptors (Lipinski definition) is 3. The van der Waals surface area contributed by atoms with Gasteiger partial charge in [-0.25, -0.2) is 4.79 Å². The maximum absolute atomic E-state index is 12.3. The van der Waals surface area contributed by atoms with E-state index < -0.39 is 5.97 Å². The second-order valence-electron chi connectivity index (χ2n) is 11.6. The molecule has 2 aromatic heterocycles. The van der Waals surface area contributed by atoms with E-state index in [9.17, 15) is 9.90 Å². The molecular weight excluding hydrogens is 462 g/mol. The highest BCUT2D eigenvalue weighted by Crippen LogP contribution is 2.48. The summed E-state index contributed by atoms with van der Waals surface area (Å²) in [7, 11) is 6.05. The van der Waals surface area contributed by atoms with E-state index in [1.54, 1.807) is 13.3 Å². The predicted octanol–water partition coefficient (Wildman–Crippen LogP) is 5.01. The van der Waals surface area contributed by atoms with Crippen molar-refractivity contribution in [1.29, 1.82) is 0 Å². The zero-order valence-electron chi connectivity index (χ0n) is 22.3. The molecule has 6 rings (SSSR count). The van der Waals surface area contributed by atoms with Crippen molar-refractivity contribution in [3.05, 3.63) is 51.8 Å². The molecule has 196 valence electrons. The highest BCUT2D eigenvalue weighted by molar-refractivity contribution is 5.94. The third kappa shape index (κ3) is 4.10. The van der Waals surface area contributed by atoms with Gasteiger partial charge in [-0.05, 0) is 94.3 Å². The summed E-state index contributed by atoms with van der Waals surface area (Å²) in [4.78, 5) is 18.0. The average molecular weight is 502 g/mol. The number of aromatic amines is 1. The Balaban J connectivity index is 1.67. The number of benzene rings is 1. The van der Waals surface area contributed by atoms with E-state index in [4.69, 9.17) is 4.74 Å². The second kappa shape index (κ2) is 9.71. The molecule has 6 nitrogen and oxygen atoms in total. The minimum Gasteiger partial charge on any atom is -0.496 e. The van der Waals surface area contributed by atoms with Crippen molar-refractivity contribution in [3.63, 3.8) is 0 Å². The molecule has 2 atom stereocenters. The van der Waals surface area contributed by atoms with Gasteiger partial charge in [0.05, 0.1) is 18.2 Å². The minimum atomic E-state index is -0.879. The molecule has 37 heavy (non-hydrogen) atoms. The summed E-state index contributed by atoms with van der Waals surface area (Å²) < 4.78 is 8.26. The maximum Gasteiger partial charge on any atom is 0.337 e. The van der Waals surface area contributed by atoms with Crippen LogP contribution in [0.2, 0.25) is 0 Å².